The molecule has 1 heterocycles. The maximum atomic E-state index is 5.51. The lowest BCUT2D eigenvalue weighted by Gasteiger charge is -2.34. The minimum absolute atomic E-state index is 0.712. The third-order valence-electron chi connectivity index (χ3n) is 4.09. The van der Waals surface area contributed by atoms with Crippen LogP contribution in [-0.2, 0) is 6.54 Å². The molecule has 1 fully saturated rings. The molecule has 0 saturated heterocycles. The average Bonchev–Trinajstić information content (AvgIpc) is 2.75. The third-order valence-corrected chi connectivity index (χ3v) is 4.09. The number of hydrogen-bond acceptors (Lipinski definition) is 3. The normalized spacial score (nSPS) is 25.4. The van der Waals surface area contributed by atoms with E-state index in [1.807, 2.05) is 6.07 Å². The van der Waals surface area contributed by atoms with Crippen LogP contribution in [0.3, 0.4) is 0 Å². The topological polar surface area (TPSA) is 28.4 Å². The highest BCUT2D eigenvalue weighted by Gasteiger charge is 2.23. The van der Waals surface area contributed by atoms with Gasteiger partial charge >= 0.3 is 0 Å². The zero-order chi connectivity index (χ0) is 12.3. The highest BCUT2D eigenvalue weighted by atomic mass is 16.3. The van der Waals surface area contributed by atoms with Crippen LogP contribution in [0.5, 0.6) is 0 Å². The first-order chi connectivity index (χ1) is 8.20. The Hall–Kier alpha value is -0.800. The van der Waals surface area contributed by atoms with Crippen LogP contribution in [-0.4, -0.2) is 31.1 Å². The van der Waals surface area contributed by atoms with E-state index < -0.39 is 0 Å². The second-order valence-corrected chi connectivity index (χ2v) is 5.24. The van der Waals surface area contributed by atoms with Crippen LogP contribution >= 0.6 is 0 Å². The van der Waals surface area contributed by atoms with Crippen molar-refractivity contribution < 1.29 is 4.42 Å². The first kappa shape index (κ1) is 12.7. The molecule has 0 spiro atoms. The molecule has 1 N–H and O–H groups in total. The van der Waals surface area contributed by atoms with Crippen LogP contribution in [0.2, 0.25) is 0 Å². The molecule has 0 aromatic carbocycles. The zero-order valence-corrected chi connectivity index (χ0v) is 11.2. The van der Waals surface area contributed by atoms with E-state index in [4.69, 9.17) is 4.42 Å². The quantitative estimate of drug-likeness (QED) is 0.871. The lowest BCUT2D eigenvalue weighted by Crippen LogP contribution is -2.39. The van der Waals surface area contributed by atoms with Gasteiger partial charge in [0.1, 0.15) is 5.76 Å². The molecule has 0 bridgehead atoms. The molecule has 1 aliphatic rings. The number of aryl methyl sites for hydroxylation is 1. The van der Waals surface area contributed by atoms with Gasteiger partial charge in [-0.2, -0.15) is 0 Å². The van der Waals surface area contributed by atoms with Crippen molar-refractivity contribution in [2.24, 2.45) is 0 Å². The summed E-state index contributed by atoms with van der Waals surface area (Å²) in [6, 6.07) is 3.48. The van der Waals surface area contributed by atoms with Crippen molar-refractivity contribution in [1.82, 2.24) is 10.2 Å². The molecule has 3 nitrogen and oxygen atoms in total. The maximum absolute atomic E-state index is 5.51. The highest BCUT2D eigenvalue weighted by molar-refractivity contribution is 5.14. The molecule has 1 aliphatic carbocycles. The van der Waals surface area contributed by atoms with Crippen molar-refractivity contribution in [3.63, 3.8) is 0 Å². The van der Waals surface area contributed by atoms with E-state index in [0.717, 1.165) is 18.3 Å². The number of nitrogens with zero attached hydrogens (tertiary/aromatic N) is 1. The van der Waals surface area contributed by atoms with Crippen LogP contribution in [0.15, 0.2) is 16.7 Å². The van der Waals surface area contributed by atoms with Crippen molar-refractivity contribution in [2.45, 2.75) is 51.2 Å². The van der Waals surface area contributed by atoms with Crippen molar-refractivity contribution >= 4 is 0 Å². The molecule has 1 aromatic heterocycles. The van der Waals surface area contributed by atoms with Gasteiger partial charge in [0, 0.05) is 12.1 Å². The molecule has 96 valence electrons. The van der Waals surface area contributed by atoms with E-state index in [1.165, 1.54) is 31.2 Å². The maximum Gasteiger partial charge on any atom is 0.120 e. The Morgan fingerprint density at radius 3 is 2.59 bits per heavy atom. The minimum Gasteiger partial charge on any atom is -0.468 e. The fourth-order valence-corrected chi connectivity index (χ4v) is 2.73. The van der Waals surface area contributed by atoms with Crippen molar-refractivity contribution in [3.8, 4) is 0 Å². The molecule has 0 atom stereocenters. The van der Waals surface area contributed by atoms with Crippen LogP contribution < -0.4 is 5.32 Å². The molecule has 17 heavy (non-hydrogen) atoms. The number of hydrogen-bond donors (Lipinski definition) is 1. The van der Waals surface area contributed by atoms with Crippen molar-refractivity contribution in [3.05, 3.63) is 23.7 Å². The SMILES string of the molecule is CNC1CCC(N(C)Cc2occc2C)CC1. The van der Waals surface area contributed by atoms with Gasteiger partial charge in [-0.25, -0.2) is 0 Å². The van der Waals surface area contributed by atoms with Gasteiger partial charge in [-0.15, -0.1) is 0 Å². The predicted molar refractivity (Wildman–Crippen MR) is 70.0 cm³/mol. The summed E-state index contributed by atoms with van der Waals surface area (Å²) in [5, 5.41) is 3.38. The van der Waals surface area contributed by atoms with E-state index in [2.05, 4.69) is 31.2 Å². The minimum atomic E-state index is 0.712. The van der Waals surface area contributed by atoms with Crippen molar-refractivity contribution in [2.75, 3.05) is 14.1 Å². The Labute approximate surface area is 104 Å². The fourth-order valence-electron chi connectivity index (χ4n) is 2.73. The first-order valence-electron chi connectivity index (χ1n) is 6.61. The van der Waals surface area contributed by atoms with Gasteiger partial charge in [0.15, 0.2) is 0 Å². The van der Waals surface area contributed by atoms with E-state index in [0.29, 0.717) is 6.04 Å². The lowest BCUT2D eigenvalue weighted by atomic mass is 9.90. The van der Waals surface area contributed by atoms with E-state index in [9.17, 15) is 0 Å². The Kier molecular flexibility index (Phi) is 4.24. The molecule has 0 radical (unpaired) electrons. The largest absolute Gasteiger partial charge is 0.468 e. The van der Waals surface area contributed by atoms with Crippen LogP contribution in [0.1, 0.15) is 37.0 Å². The number of furan rings is 1. The zero-order valence-electron chi connectivity index (χ0n) is 11.2. The van der Waals surface area contributed by atoms with Crippen LogP contribution in [0.4, 0.5) is 0 Å². The van der Waals surface area contributed by atoms with Gasteiger partial charge in [-0.05, 0) is 58.3 Å². The van der Waals surface area contributed by atoms with Gasteiger partial charge in [-0.3, -0.25) is 4.90 Å². The Morgan fingerprint density at radius 2 is 2.06 bits per heavy atom. The summed E-state index contributed by atoms with van der Waals surface area (Å²) in [6.45, 7) is 3.05. The molecule has 3 heteroatoms. The van der Waals surface area contributed by atoms with Gasteiger partial charge in [-0.1, -0.05) is 0 Å². The summed E-state index contributed by atoms with van der Waals surface area (Å²) >= 11 is 0. The standard InChI is InChI=1S/C14H24N2O/c1-11-8-9-17-14(11)10-16(3)13-6-4-12(15-2)5-7-13/h8-9,12-13,15H,4-7,10H2,1-3H3. The Morgan fingerprint density at radius 1 is 1.35 bits per heavy atom. The summed E-state index contributed by atoms with van der Waals surface area (Å²) in [7, 11) is 4.28. The second-order valence-electron chi connectivity index (χ2n) is 5.24. The molecule has 0 aliphatic heterocycles. The smallest absolute Gasteiger partial charge is 0.120 e. The van der Waals surface area contributed by atoms with Crippen molar-refractivity contribution in [1.29, 1.82) is 0 Å². The molecule has 1 aromatic rings. The summed E-state index contributed by atoms with van der Waals surface area (Å²) in [6.07, 6.45) is 6.96. The fraction of sp³-hybridized carbons (Fsp3) is 0.714. The van der Waals surface area contributed by atoms with E-state index in [1.54, 1.807) is 6.26 Å². The summed E-state index contributed by atoms with van der Waals surface area (Å²) in [5.41, 5.74) is 1.26. The van der Waals surface area contributed by atoms with E-state index >= 15 is 0 Å². The van der Waals surface area contributed by atoms with Crippen LogP contribution in [0, 0.1) is 6.92 Å². The molecule has 0 amide bonds. The van der Waals surface area contributed by atoms with Gasteiger partial charge in [0.05, 0.1) is 12.8 Å². The Bertz CT molecular complexity index is 340. The third kappa shape index (κ3) is 3.11. The molecular formula is C14H24N2O. The summed E-state index contributed by atoms with van der Waals surface area (Å²) in [4.78, 5) is 2.44. The Balaban J connectivity index is 1.85. The lowest BCUT2D eigenvalue weighted by molar-refractivity contribution is 0.160. The highest BCUT2D eigenvalue weighted by Crippen LogP contribution is 2.24. The summed E-state index contributed by atoms with van der Waals surface area (Å²) in [5.74, 6) is 1.11. The first-order valence-corrected chi connectivity index (χ1v) is 6.61. The van der Waals surface area contributed by atoms with Gasteiger partial charge in [0.2, 0.25) is 0 Å². The molecule has 1 saturated carbocycles. The number of rotatable bonds is 4. The molecule has 2 rings (SSSR count). The van der Waals surface area contributed by atoms with Gasteiger partial charge in [0.25, 0.3) is 0 Å². The van der Waals surface area contributed by atoms with Gasteiger partial charge < -0.3 is 9.73 Å². The number of nitrogens with one attached hydrogen (secondary N) is 1. The van der Waals surface area contributed by atoms with E-state index in [-0.39, 0.29) is 0 Å². The summed E-state index contributed by atoms with van der Waals surface area (Å²) < 4.78 is 5.51. The van der Waals surface area contributed by atoms with Crippen LogP contribution in [0.25, 0.3) is 0 Å². The monoisotopic (exact) mass is 236 g/mol. The predicted octanol–water partition coefficient (Wildman–Crippen LogP) is 2.55. The molecule has 0 unspecified atom stereocenters. The average molecular weight is 236 g/mol. The second kappa shape index (κ2) is 5.69. The molecular weight excluding hydrogens is 212 g/mol.